The Morgan fingerprint density at radius 1 is 1.08 bits per heavy atom. The lowest BCUT2D eigenvalue weighted by Crippen LogP contribution is -2.37. The minimum Gasteiger partial charge on any atom is -0.497 e. The van der Waals surface area contributed by atoms with E-state index in [1.54, 1.807) is 31.4 Å². The molecular weight excluding hydrogens is 313 g/mol. The number of ether oxygens (including phenoxy) is 1. The van der Waals surface area contributed by atoms with Gasteiger partial charge in [-0.1, -0.05) is 24.3 Å². The van der Waals surface area contributed by atoms with Crippen molar-refractivity contribution in [3.05, 3.63) is 65.5 Å². The summed E-state index contributed by atoms with van der Waals surface area (Å²) in [7, 11) is 1.56. The lowest BCUT2D eigenvalue weighted by molar-refractivity contribution is -0.139. The molecule has 0 fully saturated rings. The Hall–Kier alpha value is -3.22. The summed E-state index contributed by atoms with van der Waals surface area (Å²) in [6.07, 6.45) is 1.31. The first-order valence-electron chi connectivity index (χ1n) is 7.08. The molecule has 2 rings (SSSR count). The van der Waals surface area contributed by atoms with E-state index in [0.29, 0.717) is 11.3 Å². The van der Waals surface area contributed by atoms with Crippen LogP contribution < -0.4 is 15.5 Å². The molecule has 2 N–H and O–H groups in total. The zero-order valence-corrected chi connectivity index (χ0v) is 13.0. The molecule has 2 aromatic carbocycles. The van der Waals surface area contributed by atoms with Crippen LogP contribution in [0.4, 0.5) is 4.39 Å². The predicted octanol–water partition coefficient (Wildman–Crippen LogP) is 1.60. The number of carbonyl (C=O) groups excluding carboxylic acids is 2. The van der Waals surface area contributed by atoms with Gasteiger partial charge in [-0.3, -0.25) is 9.59 Å². The summed E-state index contributed by atoms with van der Waals surface area (Å²) in [5, 5.41) is 6.12. The normalized spacial score (nSPS) is 10.4. The molecule has 2 aromatic rings. The second kappa shape index (κ2) is 8.42. The van der Waals surface area contributed by atoms with Gasteiger partial charge in [-0.25, -0.2) is 9.82 Å². The van der Waals surface area contributed by atoms with Gasteiger partial charge in [0.15, 0.2) is 0 Å². The van der Waals surface area contributed by atoms with Gasteiger partial charge in [0.05, 0.1) is 13.3 Å². The van der Waals surface area contributed by atoms with Crippen LogP contribution in [0.15, 0.2) is 53.6 Å². The Labute approximate surface area is 138 Å². The Kier molecular flexibility index (Phi) is 6.01. The van der Waals surface area contributed by atoms with Crippen molar-refractivity contribution in [3.8, 4) is 5.75 Å². The largest absolute Gasteiger partial charge is 0.497 e. The fraction of sp³-hybridized carbons (Fsp3) is 0.118. The van der Waals surface area contributed by atoms with Crippen LogP contribution in [0.2, 0.25) is 0 Å². The smallest absolute Gasteiger partial charge is 0.329 e. The first-order valence-corrected chi connectivity index (χ1v) is 7.08. The van der Waals surface area contributed by atoms with Crippen LogP contribution in [0.25, 0.3) is 0 Å². The third-order valence-electron chi connectivity index (χ3n) is 3.07. The number of hydrogen-bond donors (Lipinski definition) is 2. The van der Waals surface area contributed by atoms with E-state index in [1.165, 1.54) is 30.5 Å². The SMILES string of the molecule is COc1ccc(CNC(=O)C(=O)N/N=C\c2ccc(F)cc2)cc1. The molecular formula is C17H16FN3O3. The average Bonchev–Trinajstić information content (AvgIpc) is 2.61. The molecule has 0 radical (unpaired) electrons. The highest BCUT2D eigenvalue weighted by Crippen LogP contribution is 2.10. The van der Waals surface area contributed by atoms with Crippen LogP contribution in [-0.4, -0.2) is 25.1 Å². The molecule has 24 heavy (non-hydrogen) atoms. The van der Waals surface area contributed by atoms with Gasteiger partial charge < -0.3 is 10.1 Å². The zero-order valence-electron chi connectivity index (χ0n) is 13.0. The van der Waals surface area contributed by atoms with E-state index in [-0.39, 0.29) is 12.4 Å². The molecule has 0 saturated heterocycles. The molecule has 0 aliphatic heterocycles. The van der Waals surface area contributed by atoms with E-state index in [4.69, 9.17) is 4.74 Å². The summed E-state index contributed by atoms with van der Waals surface area (Å²) in [4.78, 5) is 23.2. The van der Waals surface area contributed by atoms with E-state index in [2.05, 4.69) is 15.8 Å². The first-order chi connectivity index (χ1) is 11.6. The standard InChI is InChI=1S/C17H16FN3O3/c1-24-15-8-4-12(5-9-15)10-19-16(22)17(23)21-20-11-13-2-6-14(18)7-3-13/h2-9,11H,10H2,1H3,(H,19,22)(H,21,23)/b20-11-. The Morgan fingerprint density at radius 2 is 1.75 bits per heavy atom. The van der Waals surface area contributed by atoms with Crippen LogP contribution >= 0.6 is 0 Å². The maximum Gasteiger partial charge on any atom is 0.329 e. The molecule has 0 heterocycles. The van der Waals surface area contributed by atoms with Crippen molar-refractivity contribution in [2.75, 3.05) is 7.11 Å². The molecule has 2 amide bonds. The quantitative estimate of drug-likeness (QED) is 0.497. The molecule has 0 aliphatic carbocycles. The van der Waals surface area contributed by atoms with E-state index in [9.17, 15) is 14.0 Å². The third-order valence-corrected chi connectivity index (χ3v) is 3.07. The second-order valence-corrected chi connectivity index (χ2v) is 4.78. The second-order valence-electron chi connectivity index (χ2n) is 4.78. The fourth-order valence-corrected chi connectivity index (χ4v) is 1.77. The summed E-state index contributed by atoms with van der Waals surface area (Å²) in [6, 6.07) is 12.6. The number of amides is 2. The number of nitrogens with one attached hydrogen (secondary N) is 2. The Bertz CT molecular complexity index is 728. The highest BCUT2D eigenvalue weighted by molar-refractivity contribution is 6.35. The summed E-state index contributed by atoms with van der Waals surface area (Å²) in [5.74, 6) is -1.35. The third kappa shape index (κ3) is 5.20. The topological polar surface area (TPSA) is 79.8 Å². The van der Waals surface area contributed by atoms with Crippen molar-refractivity contribution in [1.29, 1.82) is 0 Å². The molecule has 0 aromatic heterocycles. The highest BCUT2D eigenvalue weighted by Gasteiger charge is 2.11. The molecule has 0 aliphatic rings. The molecule has 7 heteroatoms. The zero-order chi connectivity index (χ0) is 17.4. The molecule has 6 nitrogen and oxygen atoms in total. The highest BCUT2D eigenvalue weighted by atomic mass is 19.1. The maximum absolute atomic E-state index is 12.7. The Balaban J connectivity index is 1.79. The number of benzene rings is 2. The van der Waals surface area contributed by atoms with Gasteiger partial charge in [0, 0.05) is 6.54 Å². The van der Waals surface area contributed by atoms with Crippen molar-refractivity contribution in [1.82, 2.24) is 10.7 Å². The van der Waals surface area contributed by atoms with Crippen molar-refractivity contribution in [2.45, 2.75) is 6.54 Å². The van der Waals surface area contributed by atoms with Gasteiger partial charge in [-0.2, -0.15) is 5.10 Å². The van der Waals surface area contributed by atoms with Crippen molar-refractivity contribution < 1.29 is 18.7 Å². The van der Waals surface area contributed by atoms with Gasteiger partial charge in [0.2, 0.25) is 0 Å². The number of methoxy groups -OCH3 is 1. The number of nitrogens with zero attached hydrogens (tertiary/aromatic N) is 1. The van der Waals surface area contributed by atoms with Crippen LogP contribution in [0, 0.1) is 5.82 Å². The molecule has 0 bridgehead atoms. The van der Waals surface area contributed by atoms with Gasteiger partial charge in [0.1, 0.15) is 11.6 Å². The minimum absolute atomic E-state index is 0.206. The Morgan fingerprint density at radius 3 is 2.38 bits per heavy atom. The molecule has 0 unspecified atom stereocenters. The number of carbonyl (C=O) groups is 2. The fourth-order valence-electron chi connectivity index (χ4n) is 1.77. The van der Waals surface area contributed by atoms with Crippen LogP contribution in [0.1, 0.15) is 11.1 Å². The van der Waals surface area contributed by atoms with Crippen molar-refractivity contribution >= 4 is 18.0 Å². The first kappa shape index (κ1) is 17.1. The van der Waals surface area contributed by atoms with E-state index in [1.807, 2.05) is 0 Å². The summed E-state index contributed by atoms with van der Waals surface area (Å²) in [6.45, 7) is 0.206. The monoisotopic (exact) mass is 329 g/mol. The number of rotatable bonds is 5. The van der Waals surface area contributed by atoms with E-state index >= 15 is 0 Å². The summed E-state index contributed by atoms with van der Waals surface area (Å²) in [5.41, 5.74) is 3.52. The molecule has 124 valence electrons. The van der Waals surface area contributed by atoms with Gasteiger partial charge in [-0.15, -0.1) is 0 Å². The van der Waals surface area contributed by atoms with Gasteiger partial charge in [-0.05, 0) is 35.4 Å². The van der Waals surface area contributed by atoms with Crippen LogP contribution in [0.5, 0.6) is 5.75 Å². The summed E-state index contributed by atoms with van der Waals surface area (Å²) >= 11 is 0. The number of halogens is 1. The van der Waals surface area contributed by atoms with Gasteiger partial charge in [0.25, 0.3) is 0 Å². The van der Waals surface area contributed by atoms with E-state index in [0.717, 1.165) is 5.56 Å². The van der Waals surface area contributed by atoms with Crippen LogP contribution in [0.3, 0.4) is 0 Å². The van der Waals surface area contributed by atoms with Crippen molar-refractivity contribution in [3.63, 3.8) is 0 Å². The predicted molar refractivity (Wildman–Crippen MR) is 87.0 cm³/mol. The number of hydrogen-bond acceptors (Lipinski definition) is 4. The lowest BCUT2D eigenvalue weighted by atomic mass is 10.2. The van der Waals surface area contributed by atoms with Gasteiger partial charge >= 0.3 is 11.8 Å². The average molecular weight is 329 g/mol. The van der Waals surface area contributed by atoms with Crippen molar-refractivity contribution in [2.24, 2.45) is 5.10 Å². The molecule has 0 atom stereocenters. The molecule has 0 saturated carbocycles. The lowest BCUT2D eigenvalue weighted by Gasteiger charge is -2.05. The summed E-state index contributed by atoms with van der Waals surface area (Å²) < 4.78 is 17.8. The van der Waals surface area contributed by atoms with Crippen LogP contribution in [-0.2, 0) is 16.1 Å². The van der Waals surface area contributed by atoms with E-state index < -0.39 is 11.8 Å². The maximum atomic E-state index is 12.7. The number of hydrazone groups is 1. The molecule has 0 spiro atoms. The minimum atomic E-state index is -0.887.